The van der Waals surface area contributed by atoms with Crippen LogP contribution in [0.3, 0.4) is 0 Å². The van der Waals surface area contributed by atoms with Crippen molar-refractivity contribution in [1.29, 1.82) is 0 Å². The van der Waals surface area contributed by atoms with Gasteiger partial charge in [-0.25, -0.2) is 0 Å². The van der Waals surface area contributed by atoms with Crippen molar-refractivity contribution >= 4 is 35.4 Å². The van der Waals surface area contributed by atoms with Crippen molar-refractivity contribution < 1.29 is 48.8 Å². The topological polar surface area (TPSA) is 228 Å². The van der Waals surface area contributed by atoms with Gasteiger partial charge >= 0.3 is 17.9 Å². The molecule has 0 bridgehead atoms. The number of amides is 1. The van der Waals surface area contributed by atoms with Gasteiger partial charge in [0.05, 0.1) is 38.9 Å². The highest BCUT2D eigenvalue weighted by molar-refractivity contribution is 5.91. The molecule has 4 fully saturated rings. The largest absolute Gasteiger partial charge is 0.480 e. The second-order valence-electron chi connectivity index (χ2n) is 19.3. The number of carbonyl (C=O) groups is 6. The zero-order valence-corrected chi connectivity index (χ0v) is 37.4. The van der Waals surface area contributed by atoms with Gasteiger partial charge in [0.2, 0.25) is 5.91 Å². The van der Waals surface area contributed by atoms with Crippen molar-refractivity contribution in [3.63, 3.8) is 0 Å². The third-order valence-corrected chi connectivity index (χ3v) is 15.2. The smallest absolute Gasteiger partial charge is 0.317 e. The number of Topliss-reactive ketones (excluding diaryl/α,β-unsaturated/α-hetero) is 1. The Morgan fingerprint density at radius 1 is 0.746 bits per heavy atom. The van der Waals surface area contributed by atoms with Crippen molar-refractivity contribution in [2.24, 2.45) is 34.5 Å². The molecule has 350 valence electrons. The maximum Gasteiger partial charge on any atom is 0.317 e. The van der Waals surface area contributed by atoms with Crippen LogP contribution in [0, 0.1) is 34.5 Å². The van der Waals surface area contributed by atoms with Gasteiger partial charge < -0.3 is 25.4 Å². The number of carboxylic acid groups (broad SMARTS) is 3. The summed E-state index contributed by atoms with van der Waals surface area (Å²) >= 11 is 0. The molecule has 18 nitrogen and oxygen atoms in total. The number of allylic oxidation sites excluding steroid dienone is 1. The van der Waals surface area contributed by atoms with E-state index >= 15 is 0 Å². The van der Waals surface area contributed by atoms with E-state index in [0.29, 0.717) is 95.4 Å². The number of aliphatic carboxylic acids is 3. The molecule has 6 atom stereocenters. The lowest BCUT2D eigenvalue weighted by molar-refractivity contribution is -0.140. The van der Waals surface area contributed by atoms with Crippen molar-refractivity contribution in [2.45, 2.75) is 97.6 Å². The highest BCUT2D eigenvalue weighted by atomic mass is 16.5. The fourth-order valence-electron chi connectivity index (χ4n) is 11.8. The van der Waals surface area contributed by atoms with Crippen molar-refractivity contribution in [2.75, 3.05) is 91.8 Å². The number of nitrogens with zero attached hydrogens (tertiary/aromatic N) is 7. The lowest BCUT2D eigenvalue weighted by Crippen LogP contribution is -2.51. The number of nitrogens with one attached hydrogen (secondary N) is 1. The monoisotopic (exact) mass is 883 g/mol. The number of fused-ring (bicyclic) bond motifs is 5. The number of hydrogen-bond acceptors (Lipinski definition) is 13. The van der Waals surface area contributed by atoms with Gasteiger partial charge in [-0.3, -0.25) is 53.0 Å². The molecule has 63 heavy (non-hydrogen) atoms. The normalized spacial score (nSPS) is 29.0. The summed E-state index contributed by atoms with van der Waals surface area (Å²) in [6.45, 7) is 8.16. The summed E-state index contributed by atoms with van der Waals surface area (Å²) in [4.78, 5) is 80.5. The van der Waals surface area contributed by atoms with Gasteiger partial charge in [0.1, 0.15) is 12.3 Å². The van der Waals surface area contributed by atoms with E-state index in [2.05, 4.69) is 29.5 Å². The van der Waals surface area contributed by atoms with E-state index in [4.69, 9.17) is 4.74 Å². The summed E-state index contributed by atoms with van der Waals surface area (Å²) in [5.41, 5.74) is 2.16. The van der Waals surface area contributed by atoms with Crippen LogP contribution in [0.15, 0.2) is 17.8 Å². The van der Waals surface area contributed by atoms with E-state index in [1.807, 2.05) is 11.0 Å². The average molecular weight is 883 g/mol. The van der Waals surface area contributed by atoms with Crippen molar-refractivity contribution in [3.8, 4) is 0 Å². The summed E-state index contributed by atoms with van der Waals surface area (Å²) in [6.07, 6.45) is 14.4. The van der Waals surface area contributed by atoms with Gasteiger partial charge in [-0.2, -0.15) is 0 Å². The Kier molecular flexibility index (Phi) is 17.0. The van der Waals surface area contributed by atoms with E-state index in [0.717, 1.165) is 64.2 Å². The summed E-state index contributed by atoms with van der Waals surface area (Å²) < 4.78 is 7.70. The Hall–Kier alpha value is -4.10. The zero-order valence-electron chi connectivity index (χ0n) is 37.4. The maximum absolute atomic E-state index is 13.6. The Morgan fingerprint density at radius 3 is 1.95 bits per heavy atom. The average Bonchev–Trinajstić information content (AvgIpc) is 3.84. The van der Waals surface area contributed by atoms with E-state index in [-0.39, 0.29) is 73.6 Å². The molecule has 0 spiro atoms. The molecule has 18 heteroatoms. The number of aryl methyl sites for hydroxylation is 1. The molecule has 6 rings (SSSR count). The molecule has 5 aliphatic rings. The Labute approximate surface area is 370 Å². The van der Waals surface area contributed by atoms with Crippen LogP contribution in [0.4, 0.5) is 0 Å². The minimum absolute atomic E-state index is 0.0131. The molecule has 6 unspecified atom stereocenters. The lowest BCUT2D eigenvalue weighted by Gasteiger charge is -2.58. The van der Waals surface area contributed by atoms with Gasteiger partial charge in [-0.1, -0.05) is 24.6 Å². The molecule has 2 heterocycles. The summed E-state index contributed by atoms with van der Waals surface area (Å²) in [6, 6.07) is 0. The Bertz CT molecular complexity index is 1790. The maximum atomic E-state index is 13.6. The molecule has 4 N–H and O–H groups in total. The first-order valence-electron chi connectivity index (χ1n) is 23.2. The number of carboxylic acids is 3. The molecule has 3 saturated carbocycles. The fourth-order valence-corrected chi connectivity index (χ4v) is 11.8. The van der Waals surface area contributed by atoms with E-state index < -0.39 is 17.9 Å². The van der Waals surface area contributed by atoms with Crippen LogP contribution in [0.5, 0.6) is 0 Å². The minimum atomic E-state index is -1.02. The van der Waals surface area contributed by atoms with Gasteiger partial charge in [0.25, 0.3) is 0 Å². The molecule has 1 saturated heterocycles. The quantitative estimate of drug-likeness (QED) is 0.146. The molecule has 1 aliphatic heterocycles. The van der Waals surface area contributed by atoms with Crippen LogP contribution in [-0.4, -0.2) is 177 Å². The number of rotatable bonds is 19. The van der Waals surface area contributed by atoms with Gasteiger partial charge in [0, 0.05) is 77.8 Å². The minimum Gasteiger partial charge on any atom is -0.480 e. The number of ether oxygens (including phenoxy) is 1. The molecule has 1 aromatic heterocycles. The molecule has 4 aliphatic carbocycles. The molecule has 1 aromatic rings. The standard InChI is InChI=1S/C45H70N8O10/c1-44-12-10-34(54)24-32(44)6-7-35-36-8-9-38(45(36,2)13-11-37(35)44)39(55)31-63-23-5-3-4-14-53-26-33(47-48-53)25-46-40(56)27-49-15-17-50(28-41(57)58)19-21-52(30-43(61)62)22-20-51(18-16-49)29-42(59)60/h24,26,35-38H,3-23,25,27-31H2,1-2H3,(H,46,56)(H,57,58)(H,59,60)(H,61,62). The summed E-state index contributed by atoms with van der Waals surface area (Å²) in [5, 5.41) is 39.6. The van der Waals surface area contributed by atoms with E-state index in [1.165, 1.54) is 5.57 Å². The summed E-state index contributed by atoms with van der Waals surface area (Å²) in [7, 11) is 0. The second-order valence-corrected chi connectivity index (χ2v) is 19.3. The van der Waals surface area contributed by atoms with Crippen LogP contribution in [0.1, 0.15) is 90.2 Å². The predicted octanol–water partition coefficient (Wildman–Crippen LogP) is 2.27. The third kappa shape index (κ3) is 13.0. The highest BCUT2D eigenvalue weighted by Gasteiger charge is 2.60. The predicted molar refractivity (Wildman–Crippen MR) is 230 cm³/mol. The number of unbranched alkanes of at least 4 members (excludes halogenated alkanes) is 2. The first-order chi connectivity index (χ1) is 30.1. The number of aromatic nitrogens is 3. The van der Waals surface area contributed by atoms with Crippen molar-refractivity contribution in [1.82, 2.24) is 39.9 Å². The molecular formula is C45H70N8O10. The second kappa shape index (κ2) is 22.2. The SMILES string of the molecule is CC12CCC(=O)C=C1CCC1C2CCC2(C)C(C(=O)COCCCCCn3cc(CNC(=O)CN4CCN(CC(=O)O)CCN(CC(=O)O)CCN(CC(=O)O)CC4)nn3)CCC12. The zero-order chi connectivity index (χ0) is 45.1. The van der Waals surface area contributed by atoms with Crippen molar-refractivity contribution in [3.05, 3.63) is 23.5 Å². The van der Waals surface area contributed by atoms with Crippen LogP contribution >= 0.6 is 0 Å². The Morgan fingerprint density at radius 2 is 1.35 bits per heavy atom. The lowest BCUT2D eigenvalue weighted by atomic mass is 9.46. The third-order valence-electron chi connectivity index (χ3n) is 15.2. The first kappa shape index (κ1) is 48.4. The summed E-state index contributed by atoms with van der Waals surface area (Å²) in [5.74, 6) is -0.886. The van der Waals surface area contributed by atoms with Gasteiger partial charge in [0.15, 0.2) is 11.6 Å². The molecular weight excluding hydrogens is 813 g/mol. The first-order valence-corrected chi connectivity index (χ1v) is 23.2. The molecule has 0 aromatic carbocycles. The van der Waals surface area contributed by atoms with Crippen LogP contribution < -0.4 is 5.32 Å². The van der Waals surface area contributed by atoms with E-state index in [1.54, 1.807) is 25.6 Å². The Balaban J connectivity index is 0.882. The highest BCUT2D eigenvalue weighted by Crippen LogP contribution is 2.66. The van der Waals surface area contributed by atoms with Crippen LogP contribution in [0.25, 0.3) is 0 Å². The fraction of sp³-hybridized carbons (Fsp3) is 0.778. The number of hydrogen-bond donors (Lipinski definition) is 4. The van der Waals surface area contributed by atoms with Crippen LogP contribution in [-0.2, 0) is 46.6 Å². The number of carbonyl (C=O) groups excluding carboxylic acids is 3. The number of ketones is 2. The molecule has 1 amide bonds. The molecule has 0 radical (unpaired) electrons. The van der Waals surface area contributed by atoms with Gasteiger partial charge in [-0.05, 0) is 98.9 Å². The van der Waals surface area contributed by atoms with E-state index in [9.17, 15) is 44.1 Å². The van der Waals surface area contributed by atoms with Gasteiger partial charge in [-0.15, -0.1) is 5.10 Å². The van der Waals surface area contributed by atoms with Crippen LogP contribution in [0.2, 0.25) is 0 Å².